The quantitative estimate of drug-likeness (QED) is 0.511. The summed E-state index contributed by atoms with van der Waals surface area (Å²) < 4.78 is 4.73. The highest BCUT2D eigenvalue weighted by Gasteiger charge is 2.29. The highest BCUT2D eigenvalue weighted by Crippen LogP contribution is 2.37. The SMILES string of the molecule is Cc1csc2c1OC2=O. The molecule has 2 nitrogen and oxygen atoms in total. The number of carbonyl (C=O) groups excluding carboxylic acids is 1. The molecule has 46 valence electrons. The Morgan fingerprint density at radius 1 is 1.67 bits per heavy atom. The third-order valence-corrected chi connectivity index (χ3v) is 2.36. The molecule has 1 aromatic heterocycles. The fourth-order valence-electron chi connectivity index (χ4n) is 0.794. The molecule has 2 rings (SSSR count). The van der Waals surface area contributed by atoms with Gasteiger partial charge in [0.15, 0.2) is 10.6 Å². The van der Waals surface area contributed by atoms with E-state index in [-0.39, 0.29) is 5.97 Å². The van der Waals surface area contributed by atoms with Gasteiger partial charge in [0, 0.05) is 5.56 Å². The lowest BCUT2D eigenvalue weighted by molar-refractivity contribution is 0.0667. The Hall–Kier alpha value is -0.830. The fourth-order valence-corrected chi connectivity index (χ4v) is 1.64. The van der Waals surface area contributed by atoms with Crippen LogP contribution in [0.15, 0.2) is 5.38 Å². The summed E-state index contributed by atoms with van der Waals surface area (Å²) >= 11 is 1.45. The third kappa shape index (κ3) is 0.471. The normalized spacial score (nSPS) is 14.1. The number of rotatable bonds is 0. The van der Waals surface area contributed by atoms with E-state index >= 15 is 0 Å². The Morgan fingerprint density at radius 2 is 2.44 bits per heavy atom. The van der Waals surface area contributed by atoms with Gasteiger partial charge < -0.3 is 4.74 Å². The molecule has 0 atom stereocenters. The van der Waals surface area contributed by atoms with Crippen LogP contribution in [0.2, 0.25) is 0 Å². The number of hydrogen-bond donors (Lipinski definition) is 0. The topological polar surface area (TPSA) is 26.3 Å². The third-order valence-electron chi connectivity index (χ3n) is 1.30. The average Bonchev–Trinajstić information content (AvgIpc) is 2.07. The van der Waals surface area contributed by atoms with Crippen molar-refractivity contribution in [1.82, 2.24) is 0 Å². The second-order valence-electron chi connectivity index (χ2n) is 1.97. The van der Waals surface area contributed by atoms with Crippen molar-refractivity contribution < 1.29 is 9.53 Å². The smallest absolute Gasteiger partial charge is 0.357 e. The van der Waals surface area contributed by atoms with E-state index in [0.717, 1.165) is 16.2 Å². The number of aryl methyl sites for hydroxylation is 1. The van der Waals surface area contributed by atoms with Crippen molar-refractivity contribution in [2.24, 2.45) is 0 Å². The number of hydrogen-bond acceptors (Lipinski definition) is 3. The number of ether oxygens (including phenoxy) is 1. The van der Waals surface area contributed by atoms with Crippen molar-refractivity contribution >= 4 is 17.3 Å². The molecule has 0 N–H and O–H groups in total. The summed E-state index contributed by atoms with van der Waals surface area (Å²) in [4.78, 5) is 11.3. The predicted octanol–water partition coefficient (Wildman–Crippen LogP) is 1.59. The predicted molar refractivity (Wildman–Crippen MR) is 34.0 cm³/mol. The van der Waals surface area contributed by atoms with E-state index in [2.05, 4.69) is 0 Å². The van der Waals surface area contributed by atoms with Gasteiger partial charge in [-0.2, -0.15) is 0 Å². The van der Waals surface area contributed by atoms with E-state index in [0.29, 0.717) is 0 Å². The summed E-state index contributed by atoms with van der Waals surface area (Å²) in [7, 11) is 0. The molecule has 0 radical (unpaired) electrons. The molecular weight excluding hydrogens is 136 g/mol. The van der Waals surface area contributed by atoms with Crippen LogP contribution in [0.5, 0.6) is 5.75 Å². The van der Waals surface area contributed by atoms with Gasteiger partial charge in [0.25, 0.3) is 0 Å². The highest BCUT2D eigenvalue weighted by atomic mass is 32.1. The van der Waals surface area contributed by atoms with Crippen LogP contribution < -0.4 is 4.74 Å². The molecule has 0 fully saturated rings. The number of fused-ring (bicyclic) bond motifs is 1. The Balaban J connectivity index is 2.66. The number of esters is 1. The Morgan fingerprint density at radius 3 is 2.89 bits per heavy atom. The van der Waals surface area contributed by atoms with Crippen molar-refractivity contribution in [3.05, 3.63) is 15.8 Å². The lowest BCUT2D eigenvalue weighted by atomic mass is 10.2. The fraction of sp³-hybridized carbons (Fsp3) is 0.167. The van der Waals surface area contributed by atoms with Crippen molar-refractivity contribution in [1.29, 1.82) is 0 Å². The molecule has 1 aliphatic heterocycles. The van der Waals surface area contributed by atoms with Gasteiger partial charge in [-0.15, -0.1) is 11.3 Å². The zero-order chi connectivity index (χ0) is 6.43. The summed E-state index contributed by atoms with van der Waals surface area (Å²) in [6.07, 6.45) is 0. The summed E-state index contributed by atoms with van der Waals surface area (Å²) in [5, 5.41) is 1.93. The van der Waals surface area contributed by atoms with Gasteiger partial charge in [-0.05, 0) is 12.3 Å². The van der Waals surface area contributed by atoms with E-state index in [1.54, 1.807) is 0 Å². The molecule has 9 heavy (non-hydrogen) atoms. The van der Waals surface area contributed by atoms with Gasteiger partial charge in [0.2, 0.25) is 0 Å². The number of carbonyl (C=O) groups is 1. The Labute approximate surface area is 56.1 Å². The lowest BCUT2D eigenvalue weighted by Gasteiger charge is -2.12. The van der Waals surface area contributed by atoms with Gasteiger partial charge in [-0.3, -0.25) is 0 Å². The van der Waals surface area contributed by atoms with Crippen LogP contribution in [0, 0.1) is 6.92 Å². The molecule has 0 aromatic carbocycles. The summed E-state index contributed by atoms with van der Waals surface area (Å²) in [5.41, 5.74) is 1.06. The average molecular weight is 140 g/mol. The first-order valence-corrected chi connectivity index (χ1v) is 3.47. The highest BCUT2D eigenvalue weighted by molar-refractivity contribution is 7.13. The monoisotopic (exact) mass is 140 g/mol. The van der Waals surface area contributed by atoms with Crippen LogP contribution in [-0.4, -0.2) is 5.97 Å². The maximum Gasteiger partial charge on any atom is 0.357 e. The molecule has 3 heteroatoms. The first-order valence-electron chi connectivity index (χ1n) is 2.59. The molecule has 2 heterocycles. The molecule has 0 unspecified atom stereocenters. The van der Waals surface area contributed by atoms with Gasteiger partial charge in [-0.25, -0.2) is 4.79 Å². The maximum absolute atomic E-state index is 10.5. The van der Waals surface area contributed by atoms with Crippen molar-refractivity contribution in [2.75, 3.05) is 0 Å². The molecule has 0 amide bonds. The standard InChI is InChI=1S/C6H4O2S/c1-3-2-9-5-4(3)8-6(5)7/h2H,1H3. The first kappa shape index (κ1) is 4.99. The zero-order valence-corrected chi connectivity index (χ0v) is 5.62. The molecule has 1 aromatic rings. The minimum Gasteiger partial charge on any atom is -0.420 e. The Bertz CT molecular complexity index is 275. The minimum absolute atomic E-state index is 0.178. The van der Waals surface area contributed by atoms with Gasteiger partial charge in [0.1, 0.15) is 0 Å². The van der Waals surface area contributed by atoms with Crippen LogP contribution in [0.3, 0.4) is 0 Å². The molecule has 1 aliphatic rings. The summed E-state index contributed by atoms with van der Waals surface area (Å²) in [5.74, 6) is 0.605. The van der Waals surface area contributed by atoms with E-state index in [9.17, 15) is 4.79 Å². The van der Waals surface area contributed by atoms with E-state index in [4.69, 9.17) is 4.74 Å². The van der Waals surface area contributed by atoms with Crippen LogP contribution in [0.1, 0.15) is 15.2 Å². The van der Waals surface area contributed by atoms with Crippen LogP contribution in [-0.2, 0) is 0 Å². The van der Waals surface area contributed by atoms with Crippen molar-refractivity contribution in [3.8, 4) is 5.75 Å². The van der Waals surface area contributed by atoms with Crippen molar-refractivity contribution in [2.45, 2.75) is 6.92 Å². The van der Waals surface area contributed by atoms with Crippen LogP contribution in [0.25, 0.3) is 0 Å². The minimum atomic E-state index is -0.178. The van der Waals surface area contributed by atoms with Gasteiger partial charge >= 0.3 is 5.97 Å². The summed E-state index contributed by atoms with van der Waals surface area (Å²) in [6, 6.07) is 0. The molecular formula is C6H4O2S. The molecule has 0 saturated carbocycles. The zero-order valence-electron chi connectivity index (χ0n) is 4.80. The second-order valence-corrected chi connectivity index (χ2v) is 2.85. The van der Waals surface area contributed by atoms with E-state index in [1.807, 2.05) is 12.3 Å². The van der Waals surface area contributed by atoms with Crippen LogP contribution >= 0.6 is 11.3 Å². The van der Waals surface area contributed by atoms with E-state index in [1.165, 1.54) is 11.3 Å². The maximum atomic E-state index is 10.5. The Kier molecular flexibility index (Phi) is 0.754. The van der Waals surface area contributed by atoms with Gasteiger partial charge in [-0.1, -0.05) is 0 Å². The largest absolute Gasteiger partial charge is 0.420 e. The molecule has 0 spiro atoms. The lowest BCUT2D eigenvalue weighted by Crippen LogP contribution is -2.18. The first-order chi connectivity index (χ1) is 4.29. The van der Waals surface area contributed by atoms with Crippen molar-refractivity contribution in [3.63, 3.8) is 0 Å². The molecule has 0 saturated heterocycles. The number of thiophene rings is 1. The molecule has 0 aliphatic carbocycles. The molecule has 0 bridgehead atoms. The van der Waals surface area contributed by atoms with E-state index < -0.39 is 0 Å². The van der Waals surface area contributed by atoms with Crippen LogP contribution in [0.4, 0.5) is 0 Å². The second kappa shape index (κ2) is 1.36. The van der Waals surface area contributed by atoms with Gasteiger partial charge in [0.05, 0.1) is 0 Å². The summed E-state index contributed by atoms with van der Waals surface area (Å²) in [6.45, 7) is 1.93.